The number of hydrogen-bond acceptors (Lipinski definition) is 4. The second-order valence-corrected chi connectivity index (χ2v) is 7.81. The summed E-state index contributed by atoms with van der Waals surface area (Å²) in [6.07, 6.45) is -4.69. The van der Waals surface area contributed by atoms with Gasteiger partial charge in [-0.15, -0.1) is 0 Å². The second kappa shape index (κ2) is 6.95. The average Bonchev–Trinajstić information content (AvgIpc) is 3.06. The number of halogens is 3. The molecule has 0 aliphatic heterocycles. The van der Waals surface area contributed by atoms with Crippen molar-refractivity contribution in [3.05, 3.63) is 60.3 Å². The van der Waals surface area contributed by atoms with E-state index in [1.54, 1.807) is 24.3 Å². The minimum absolute atomic E-state index is 0.0628. The van der Waals surface area contributed by atoms with Crippen molar-refractivity contribution in [3.8, 4) is 16.9 Å². The third-order valence-electron chi connectivity index (χ3n) is 4.08. The first-order valence-corrected chi connectivity index (χ1v) is 9.60. The summed E-state index contributed by atoms with van der Waals surface area (Å²) < 4.78 is 64.6. The third kappa shape index (κ3) is 3.87. The summed E-state index contributed by atoms with van der Waals surface area (Å²) in [7, 11) is -0.500. The van der Waals surface area contributed by atoms with Crippen molar-refractivity contribution in [1.29, 1.82) is 0 Å². The van der Waals surface area contributed by atoms with E-state index in [0.717, 1.165) is 16.4 Å². The molecule has 1 aromatic heterocycles. The number of rotatable bonds is 4. The Morgan fingerprint density at radius 1 is 1.04 bits per heavy atom. The van der Waals surface area contributed by atoms with Crippen molar-refractivity contribution in [2.45, 2.75) is 11.1 Å². The summed E-state index contributed by atoms with van der Waals surface area (Å²) in [5, 5.41) is 8.85. The first kappa shape index (κ1) is 19.9. The fourth-order valence-corrected chi connectivity index (χ4v) is 3.43. The molecule has 0 fully saturated rings. The van der Waals surface area contributed by atoms with Crippen LogP contribution in [-0.2, 0) is 16.2 Å². The monoisotopic (exact) mass is 410 g/mol. The number of aromatic nitrogens is 2. The van der Waals surface area contributed by atoms with Gasteiger partial charge in [0.15, 0.2) is 5.69 Å². The molecule has 148 valence electrons. The Morgan fingerprint density at radius 3 is 2.18 bits per heavy atom. The van der Waals surface area contributed by atoms with Gasteiger partial charge in [0.25, 0.3) is 0 Å². The normalized spacial score (nSPS) is 12.2. The molecule has 0 bridgehead atoms. The zero-order chi connectivity index (χ0) is 20.7. The van der Waals surface area contributed by atoms with Crippen LogP contribution in [0.25, 0.3) is 16.9 Å². The maximum atomic E-state index is 13.3. The topological polar surface area (TPSA) is 81.2 Å². The van der Waals surface area contributed by atoms with Gasteiger partial charge in [-0.3, -0.25) is 0 Å². The predicted octanol–water partition coefficient (Wildman–Crippen LogP) is 3.27. The van der Waals surface area contributed by atoms with Gasteiger partial charge in [0.2, 0.25) is 10.0 Å². The van der Waals surface area contributed by atoms with Gasteiger partial charge in [0.1, 0.15) is 4.90 Å². The molecule has 0 unspecified atom stereocenters. The van der Waals surface area contributed by atoms with Crippen LogP contribution in [0.1, 0.15) is 5.69 Å². The molecule has 0 aliphatic rings. The fraction of sp³-hybridized carbons (Fsp3) is 0.167. The van der Waals surface area contributed by atoms with Gasteiger partial charge < -0.3 is 4.90 Å². The van der Waals surface area contributed by atoms with Crippen LogP contribution in [0.3, 0.4) is 0 Å². The summed E-state index contributed by atoms with van der Waals surface area (Å²) in [5.41, 5.74) is 0.193. The molecule has 3 rings (SSSR count). The largest absolute Gasteiger partial charge is 0.435 e. The van der Waals surface area contributed by atoms with Crippen LogP contribution in [-0.4, -0.2) is 32.3 Å². The lowest BCUT2D eigenvalue weighted by Gasteiger charge is -2.14. The molecular formula is C18H17F3N4O2S. The van der Waals surface area contributed by atoms with Gasteiger partial charge in [-0.25, -0.2) is 18.2 Å². The summed E-state index contributed by atoms with van der Waals surface area (Å²) >= 11 is 0. The number of para-hydroxylation sites is 1. The molecule has 2 N–H and O–H groups in total. The zero-order valence-electron chi connectivity index (χ0n) is 15.0. The van der Waals surface area contributed by atoms with E-state index in [1.807, 2.05) is 19.0 Å². The number of hydrogen-bond donors (Lipinski definition) is 1. The maximum absolute atomic E-state index is 13.3. The van der Waals surface area contributed by atoms with Crippen molar-refractivity contribution >= 4 is 15.7 Å². The average molecular weight is 410 g/mol. The molecule has 0 saturated carbocycles. The van der Waals surface area contributed by atoms with E-state index in [4.69, 9.17) is 5.14 Å². The summed E-state index contributed by atoms with van der Waals surface area (Å²) in [6, 6.07) is 13.1. The van der Waals surface area contributed by atoms with E-state index in [0.29, 0.717) is 5.56 Å². The van der Waals surface area contributed by atoms with E-state index in [1.165, 1.54) is 24.3 Å². The quantitative estimate of drug-likeness (QED) is 0.716. The molecule has 0 spiro atoms. The Balaban J connectivity index is 2.26. The first-order valence-electron chi connectivity index (χ1n) is 8.06. The van der Waals surface area contributed by atoms with Crippen LogP contribution in [0, 0.1) is 0 Å². The number of alkyl halides is 3. The highest BCUT2D eigenvalue weighted by Crippen LogP contribution is 2.34. The Morgan fingerprint density at radius 2 is 1.64 bits per heavy atom. The molecular weight excluding hydrogens is 393 g/mol. The van der Waals surface area contributed by atoms with Crippen LogP contribution in [0.15, 0.2) is 59.5 Å². The standard InChI is InChI=1S/C18H17F3N4O2S/c1-24(2)13-9-7-12(8-10-13)15-11-17(18(19,20)21)23-25(15)14-5-3-4-6-16(14)28(22,26)27/h3-11H,1-2H3,(H2,22,26,27). The van der Waals surface area contributed by atoms with E-state index in [2.05, 4.69) is 5.10 Å². The highest BCUT2D eigenvalue weighted by atomic mass is 32.2. The smallest absolute Gasteiger partial charge is 0.378 e. The lowest BCUT2D eigenvalue weighted by Crippen LogP contribution is -2.16. The van der Waals surface area contributed by atoms with Crippen LogP contribution in [0.4, 0.5) is 18.9 Å². The Bertz CT molecular complexity index is 1100. The lowest BCUT2D eigenvalue weighted by atomic mass is 10.1. The Kier molecular flexibility index (Phi) is 4.94. The number of nitrogens with two attached hydrogens (primary N) is 1. The van der Waals surface area contributed by atoms with Crippen molar-refractivity contribution in [2.75, 3.05) is 19.0 Å². The van der Waals surface area contributed by atoms with E-state index in [-0.39, 0.29) is 16.3 Å². The van der Waals surface area contributed by atoms with E-state index >= 15 is 0 Å². The van der Waals surface area contributed by atoms with E-state index < -0.39 is 21.9 Å². The van der Waals surface area contributed by atoms with Gasteiger partial charge in [0.05, 0.1) is 11.4 Å². The fourth-order valence-electron chi connectivity index (χ4n) is 2.71. The Labute approximate surface area is 160 Å². The van der Waals surface area contributed by atoms with Gasteiger partial charge in [-0.1, -0.05) is 24.3 Å². The molecule has 10 heteroatoms. The van der Waals surface area contributed by atoms with Gasteiger partial charge in [-0.05, 0) is 30.3 Å². The van der Waals surface area contributed by atoms with Crippen molar-refractivity contribution in [2.24, 2.45) is 5.14 Å². The summed E-state index contributed by atoms with van der Waals surface area (Å²) in [5.74, 6) is 0. The van der Waals surface area contributed by atoms with Gasteiger partial charge in [0, 0.05) is 25.3 Å². The highest BCUT2D eigenvalue weighted by molar-refractivity contribution is 7.89. The first-order chi connectivity index (χ1) is 13.0. The molecule has 3 aromatic rings. The van der Waals surface area contributed by atoms with Crippen molar-refractivity contribution in [1.82, 2.24) is 9.78 Å². The van der Waals surface area contributed by atoms with Crippen LogP contribution < -0.4 is 10.0 Å². The number of benzene rings is 2. The molecule has 1 heterocycles. The minimum atomic E-state index is -4.69. The molecule has 28 heavy (non-hydrogen) atoms. The molecule has 0 aliphatic carbocycles. The van der Waals surface area contributed by atoms with Crippen molar-refractivity contribution < 1.29 is 21.6 Å². The molecule has 2 aromatic carbocycles. The molecule has 6 nitrogen and oxygen atoms in total. The highest BCUT2D eigenvalue weighted by Gasteiger charge is 2.35. The Hall–Kier alpha value is -2.85. The molecule has 0 saturated heterocycles. The number of sulfonamides is 1. The van der Waals surface area contributed by atoms with Crippen molar-refractivity contribution in [3.63, 3.8) is 0 Å². The molecule has 0 radical (unpaired) electrons. The zero-order valence-corrected chi connectivity index (χ0v) is 15.8. The number of anilines is 1. The van der Waals surface area contributed by atoms with Crippen LogP contribution in [0.2, 0.25) is 0 Å². The van der Waals surface area contributed by atoms with Crippen LogP contribution >= 0.6 is 0 Å². The molecule has 0 amide bonds. The number of primary sulfonamides is 1. The van der Waals surface area contributed by atoms with Gasteiger partial charge >= 0.3 is 6.18 Å². The minimum Gasteiger partial charge on any atom is -0.378 e. The maximum Gasteiger partial charge on any atom is 0.435 e. The second-order valence-electron chi connectivity index (χ2n) is 6.28. The summed E-state index contributed by atoms with van der Waals surface area (Å²) in [6.45, 7) is 0. The van der Waals surface area contributed by atoms with Crippen LogP contribution in [0.5, 0.6) is 0 Å². The lowest BCUT2D eigenvalue weighted by molar-refractivity contribution is -0.141. The van der Waals surface area contributed by atoms with E-state index in [9.17, 15) is 21.6 Å². The number of nitrogens with zero attached hydrogens (tertiary/aromatic N) is 3. The predicted molar refractivity (Wildman–Crippen MR) is 99.7 cm³/mol. The van der Waals surface area contributed by atoms with Gasteiger partial charge in [-0.2, -0.15) is 18.3 Å². The SMILES string of the molecule is CN(C)c1ccc(-c2cc(C(F)(F)F)nn2-c2ccccc2S(N)(=O)=O)cc1. The summed E-state index contributed by atoms with van der Waals surface area (Å²) in [4.78, 5) is 1.52. The molecule has 0 atom stereocenters. The third-order valence-corrected chi connectivity index (χ3v) is 5.04.